The van der Waals surface area contributed by atoms with Gasteiger partial charge in [0.15, 0.2) is 0 Å². The summed E-state index contributed by atoms with van der Waals surface area (Å²) >= 11 is 11.9. The molecule has 1 aromatic rings. The van der Waals surface area contributed by atoms with E-state index in [0.717, 1.165) is 0 Å². The van der Waals surface area contributed by atoms with Crippen LogP contribution in [0.2, 0.25) is 5.02 Å². The molecule has 64 valence electrons. The van der Waals surface area contributed by atoms with Gasteiger partial charge in [0.25, 0.3) is 0 Å². The van der Waals surface area contributed by atoms with Gasteiger partial charge in [-0.05, 0) is 44.0 Å². The van der Waals surface area contributed by atoms with Gasteiger partial charge >= 0.3 is 5.97 Å². The minimum absolute atomic E-state index is 0.141. The molecule has 0 atom stereocenters. The van der Waals surface area contributed by atoms with Crippen molar-refractivity contribution in [3.8, 4) is 0 Å². The van der Waals surface area contributed by atoms with Crippen LogP contribution < -0.4 is 0 Å². The van der Waals surface area contributed by atoms with Gasteiger partial charge < -0.3 is 5.11 Å². The van der Waals surface area contributed by atoms with Crippen molar-refractivity contribution in [1.82, 2.24) is 0 Å². The molecule has 0 radical (unpaired) electrons. The summed E-state index contributed by atoms with van der Waals surface area (Å²) in [7, 11) is 0. The first kappa shape index (κ1) is 10.0. The summed E-state index contributed by atoms with van der Waals surface area (Å²) in [5.74, 6) is -1.02. The Kier molecular flexibility index (Phi) is 3.15. The van der Waals surface area contributed by atoms with Crippen LogP contribution in [0.25, 0.3) is 0 Å². The lowest BCUT2D eigenvalue weighted by atomic mass is 10.2. The molecular weight excluding hydrogens is 311 g/mol. The number of rotatable bonds is 1. The molecule has 12 heavy (non-hydrogen) atoms. The molecule has 5 heteroatoms. The Hall–Kier alpha value is -0.0600. The van der Waals surface area contributed by atoms with Crippen LogP contribution in [-0.4, -0.2) is 11.1 Å². The van der Waals surface area contributed by atoms with Gasteiger partial charge in [-0.15, -0.1) is 0 Å². The minimum Gasteiger partial charge on any atom is -0.478 e. The van der Waals surface area contributed by atoms with Crippen LogP contribution in [0.3, 0.4) is 0 Å². The third-order valence-electron chi connectivity index (χ3n) is 1.26. The fourth-order valence-electron chi connectivity index (χ4n) is 0.723. The van der Waals surface area contributed by atoms with E-state index >= 15 is 0 Å². The van der Waals surface area contributed by atoms with Gasteiger partial charge in [-0.3, -0.25) is 0 Å². The fourth-order valence-corrected chi connectivity index (χ4v) is 2.16. The molecule has 0 amide bonds. The van der Waals surface area contributed by atoms with E-state index in [1.54, 1.807) is 12.1 Å². The second-order valence-corrected chi connectivity index (χ2v) is 4.08. The molecule has 0 fully saturated rings. The number of aromatic carboxylic acids is 1. The van der Waals surface area contributed by atoms with Gasteiger partial charge in [0, 0.05) is 4.47 Å². The summed E-state index contributed by atoms with van der Waals surface area (Å²) in [5.41, 5.74) is 0.141. The normalized spacial score (nSPS) is 9.92. The molecule has 0 aromatic heterocycles. The van der Waals surface area contributed by atoms with E-state index in [2.05, 4.69) is 31.9 Å². The van der Waals surface area contributed by atoms with Gasteiger partial charge in [0.2, 0.25) is 0 Å². The second-order valence-electron chi connectivity index (χ2n) is 2.02. The van der Waals surface area contributed by atoms with Crippen LogP contribution >= 0.6 is 43.5 Å². The number of halogens is 3. The second kappa shape index (κ2) is 3.77. The molecule has 0 bridgehead atoms. The van der Waals surface area contributed by atoms with Crippen molar-refractivity contribution in [2.75, 3.05) is 0 Å². The lowest BCUT2D eigenvalue weighted by molar-refractivity contribution is 0.0695. The Morgan fingerprint density at radius 1 is 1.42 bits per heavy atom. The van der Waals surface area contributed by atoms with Crippen LogP contribution in [0.15, 0.2) is 21.1 Å². The zero-order chi connectivity index (χ0) is 9.30. The summed E-state index contributed by atoms with van der Waals surface area (Å²) in [6, 6.07) is 3.21. The molecule has 0 aliphatic carbocycles. The van der Waals surface area contributed by atoms with E-state index in [4.69, 9.17) is 16.7 Å². The Morgan fingerprint density at radius 2 is 2.00 bits per heavy atom. The topological polar surface area (TPSA) is 37.3 Å². The Morgan fingerprint density at radius 3 is 2.42 bits per heavy atom. The molecule has 0 aliphatic heterocycles. The van der Waals surface area contributed by atoms with Crippen LogP contribution in [0, 0.1) is 0 Å². The molecule has 1 aromatic carbocycles. The number of hydrogen-bond acceptors (Lipinski definition) is 1. The summed E-state index contributed by atoms with van der Waals surface area (Å²) in [4.78, 5) is 10.7. The van der Waals surface area contributed by atoms with E-state index < -0.39 is 5.97 Å². The van der Waals surface area contributed by atoms with Crippen LogP contribution in [0.5, 0.6) is 0 Å². The van der Waals surface area contributed by atoms with E-state index in [-0.39, 0.29) is 5.56 Å². The standard InChI is InChI=1S/C7H3Br2ClO2/c8-3-1-2-4(10)6(9)5(3)7(11)12/h1-2H,(H,11,12). The summed E-state index contributed by atoms with van der Waals surface area (Å²) < 4.78 is 0.900. The van der Waals surface area contributed by atoms with Gasteiger partial charge in [0.1, 0.15) is 0 Å². The first-order valence-electron chi connectivity index (χ1n) is 2.91. The molecule has 0 heterocycles. The van der Waals surface area contributed by atoms with E-state index in [9.17, 15) is 4.79 Å². The molecule has 0 saturated heterocycles. The highest BCUT2D eigenvalue weighted by Crippen LogP contribution is 2.31. The third-order valence-corrected chi connectivity index (χ3v) is 3.29. The van der Waals surface area contributed by atoms with E-state index in [1.807, 2.05) is 0 Å². The predicted octanol–water partition coefficient (Wildman–Crippen LogP) is 3.56. The first-order valence-corrected chi connectivity index (χ1v) is 4.87. The van der Waals surface area contributed by atoms with Crippen LogP contribution in [-0.2, 0) is 0 Å². The number of hydrogen-bond donors (Lipinski definition) is 1. The highest BCUT2D eigenvalue weighted by atomic mass is 79.9. The fraction of sp³-hybridized carbons (Fsp3) is 0. The number of carbonyl (C=O) groups is 1. The van der Waals surface area contributed by atoms with Gasteiger partial charge in [-0.1, -0.05) is 11.6 Å². The van der Waals surface area contributed by atoms with Crippen molar-refractivity contribution in [3.63, 3.8) is 0 Å². The first-order chi connectivity index (χ1) is 5.54. The average molecular weight is 314 g/mol. The van der Waals surface area contributed by atoms with Crippen LogP contribution in [0.4, 0.5) is 0 Å². The highest BCUT2D eigenvalue weighted by Gasteiger charge is 2.14. The maximum atomic E-state index is 10.7. The Bertz CT molecular complexity index is 338. The molecule has 0 saturated carbocycles. The van der Waals surface area contributed by atoms with Crippen molar-refractivity contribution in [2.24, 2.45) is 0 Å². The molecule has 0 aliphatic rings. The zero-order valence-corrected chi connectivity index (χ0v) is 9.57. The Labute approximate surface area is 90.8 Å². The predicted molar refractivity (Wildman–Crippen MR) is 53.8 cm³/mol. The third kappa shape index (κ3) is 1.81. The zero-order valence-electron chi connectivity index (χ0n) is 5.64. The molecular formula is C7H3Br2ClO2. The van der Waals surface area contributed by atoms with Crippen molar-refractivity contribution in [2.45, 2.75) is 0 Å². The van der Waals surface area contributed by atoms with Crippen LogP contribution in [0.1, 0.15) is 10.4 Å². The van der Waals surface area contributed by atoms with E-state index in [1.165, 1.54) is 0 Å². The molecule has 1 rings (SSSR count). The summed E-state index contributed by atoms with van der Waals surface area (Å²) in [6.07, 6.45) is 0. The quantitative estimate of drug-likeness (QED) is 0.805. The van der Waals surface area contributed by atoms with Crippen molar-refractivity contribution < 1.29 is 9.90 Å². The van der Waals surface area contributed by atoms with Crippen molar-refractivity contribution in [3.05, 3.63) is 31.7 Å². The summed E-state index contributed by atoms with van der Waals surface area (Å²) in [6.45, 7) is 0. The summed E-state index contributed by atoms with van der Waals surface area (Å²) in [5, 5.41) is 9.14. The monoisotopic (exact) mass is 312 g/mol. The highest BCUT2D eigenvalue weighted by molar-refractivity contribution is 9.11. The van der Waals surface area contributed by atoms with Gasteiger partial charge in [-0.25, -0.2) is 4.79 Å². The lowest BCUT2D eigenvalue weighted by Crippen LogP contribution is -1.99. The van der Waals surface area contributed by atoms with E-state index in [0.29, 0.717) is 14.0 Å². The molecule has 0 spiro atoms. The van der Waals surface area contributed by atoms with Gasteiger partial charge in [-0.2, -0.15) is 0 Å². The SMILES string of the molecule is O=C(O)c1c(Br)ccc(Cl)c1Br. The minimum atomic E-state index is -1.02. The lowest BCUT2D eigenvalue weighted by Gasteiger charge is -2.02. The number of carboxylic acid groups (broad SMARTS) is 1. The van der Waals surface area contributed by atoms with Crippen molar-refractivity contribution >= 4 is 49.4 Å². The number of benzene rings is 1. The maximum Gasteiger partial charge on any atom is 0.338 e. The van der Waals surface area contributed by atoms with Gasteiger partial charge in [0.05, 0.1) is 15.1 Å². The Balaban J connectivity index is 3.43. The largest absolute Gasteiger partial charge is 0.478 e. The molecule has 0 unspecified atom stereocenters. The average Bonchev–Trinajstić information content (AvgIpc) is 1.97. The molecule has 2 nitrogen and oxygen atoms in total. The number of carboxylic acids is 1. The van der Waals surface area contributed by atoms with Crippen molar-refractivity contribution in [1.29, 1.82) is 0 Å². The maximum absolute atomic E-state index is 10.7. The smallest absolute Gasteiger partial charge is 0.338 e. The molecule has 1 N–H and O–H groups in total.